The second-order valence-corrected chi connectivity index (χ2v) is 5.50. The molecule has 1 aromatic rings. The van der Waals surface area contributed by atoms with Crippen molar-refractivity contribution < 1.29 is 19.1 Å². The molecular formula is C15H20FNO3. The number of aliphatic carboxylic acids is 1. The van der Waals surface area contributed by atoms with Crippen molar-refractivity contribution in [2.75, 3.05) is 7.05 Å². The fourth-order valence-corrected chi connectivity index (χ4v) is 1.85. The largest absolute Gasteiger partial charge is 0.480 e. The molecule has 0 heterocycles. The zero-order valence-electron chi connectivity index (χ0n) is 12.2. The topological polar surface area (TPSA) is 57.6 Å². The summed E-state index contributed by atoms with van der Waals surface area (Å²) >= 11 is 0. The molecule has 1 aromatic carbocycles. The first-order chi connectivity index (χ1) is 9.16. The number of nitrogens with zero attached hydrogens (tertiary/aromatic N) is 1. The molecule has 4 nitrogen and oxygen atoms in total. The maximum absolute atomic E-state index is 13.1. The van der Waals surface area contributed by atoms with Crippen LogP contribution in [0.15, 0.2) is 24.3 Å². The summed E-state index contributed by atoms with van der Waals surface area (Å²) in [4.78, 5) is 24.6. The number of benzene rings is 1. The molecule has 5 heteroatoms. The Hall–Kier alpha value is -1.91. The maximum atomic E-state index is 13.1. The molecule has 1 N–H and O–H groups in total. The van der Waals surface area contributed by atoms with Gasteiger partial charge in [0.15, 0.2) is 0 Å². The molecule has 0 bridgehead atoms. The highest BCUT2D eigenvalue weighted by molar-refractivity contribution is 5.87. The highest BCUT2D eigenvalue weighted by Crippen LogP contribution is 2.18. The Morgan fingerprint density at radius 3 is 2.50 bits per heavy atom. The number of halogens is 1. The van der Waals surface area contributed by atoms with Crippen LogP contribution in [0.5, 0.6) is 0 Å². The number of hydrogen-bond donors (Lipinski definition) is 1. The molecule has 0 aliphatic rings. The van der Waals surface area contributed by atoms with Crippen molar-refractivity contribution in [1.82, 2.24) is 4.90 Å². The lowest BCUT2D eigenvalue weighted by atomic mass is 9.96. The van der Waals surface area contributed by atoms with E-state index in [-0.39, 0.29) is 11.7 Å². The number of carboxylic acids is 1. The first kappa shape index (κ1) is 16.1. The Morgan fingerprint density at radius 1 is 1.40 bits per heavy atom. The normalized spacial score (nSPS) is 12.8. The van der Waals surface area contributed by atoms with Crippen LogP contribution in [0.3, 0.4) is 0 Å². The fraction of sp³-hybridized carbons (Fsp3) is 0.467. The third-order valence-corrected chi connectivity index (χ3v) is 3.54. The van der Waals surface area contributed by atoms with Crippen LogP contribution in [0.4, 0.5) is 4.39 Å². The SMILES string of the molecule is CC(Cc1cccc(F)c1)C(=O)N(C)C(C)(C)C(=O)O. The molecular weight excluding hydrogens is 261 g/mol. The number of likely N-dealkylation sites (N-methyl/N-ethyl adjacent to an activating group) is 1. The summed E-state index contributed by atoms with van der Waals surface area (Å²) < 4.78 is 13.1. The average Bonchev–Trinajstić information content (AvgIpc) is 2.36. The molecule has 1 rings (SSSR count). The van der Waals surface area contributed by atoms with E-state index in [0.717, 1.165) is 0 Å². The summed E-state index contributed by atoms with van der Waals surface area (Å²) in [6.07, 6.45) is 0.372. The third kappa shape index (κ3) is 3.56. The monoisotopic (exact) mass is 281 g/mol. The second-order valence-electron chi connectivity index (χ2n) is 5.50. The smallest absolute Gasteiger partial charge is 0.329 e. The van der Waals surface area contributed by atoms with Crippen molar-refractivity contribution in [3.8, 4) is 0 Å². The summed E-state index contributed by atoms with van der Waals surface area (Å²) in [7, 11) is 1.47. The van der Waals surface area contributed by atoms with Crippen LogP contribution in [0.1, 0.15) is 26.3 Å². The number of hydrogen-bond acceptors (Lipinski definition) is 2. The first-order valence-electron chi connectivity index (χ1n) is 6.41. The van der Waals surface area contributed by atoms with E-state index >= 15 is 0 Å². The molecule has 0 radical (unpaired) electrons. The molecule has 0 aliphatic carbocycles. The lowest BCUT2D eigenvalue weighted by molar-refractivity contribution is -0.156. The van der Waals surface area contributed by atoms with Crippen molar-refractivity contribution in [3.63, 3.8) is 0 Å². The number of carboxylic acid groups (broad SMARTS) is 1. The van der Waals surface area contributed by atoms with E-state index in [9.17, 15) is 14.0 Å². The standard InChI is InChI=1S/C15H20FNO3/c1-10(8-11-6-5-7-12(16)9-11)13(18)17(4)15(2,3)14(19)20/h5-7,9-10H,8H2,1-4H3,(H,19,20). The minimum Gasteiger partial charge on any atom is -0.480 e. The highest BCUT2D eigenvalue weighted by atomic mass is 19.1. The van der Waals surface area contributed by atoms with E-state index in [1.165, 1.54) is 37.9 Å². The number of rotatable bonds is 5. The summed E-state index contributed by atoms with van der Waals surface area (Å²) in [5, 5.41) is 9.12. The van der Waals surface area contributed by atoms with E-state index in [1.54, 1.807) is 19.1 Å². The van der Waals surface area contributed by atoms with Gasteiger partial charge in [-0.1, -0.05) is 19.1 Å². The van der Waals surface area contributed by atoms with Gasteiger partial charge in [0.1, 0.15) is 11.4 Å². The molecule has 0 spiro atoms. The molecule has 20 heavy (non-hydrogen) atoms. The van der Waals surface area contributed by atoms with Gasteiger partial charge in [-0.05, 0) is 38.0 Å². The number of amides is 1. The van der Waals surface area contributed by atoms with Gasteiger partial charge in [-0.2, -0.15) is 0 Å². The summed E-state index contributed by atoms with van der Waals surface area (Å²) in [6, 6.07) is 6.06. The van der Waals surface area contributed by atoms with Crippen LogP contribution < -0.4 is 0 Å². The fourth-order valence-electron chi connectivity index (χ4n) is 1.85. The third-order valence-electron chi connectivity index (χ3n) is 3.54. The van der Waals surface area contributed by atoms with Crippen molar-refractivity contribution in [1.29, 1.82) is 0 Å². The van der Waals surface area contributed by atoms with E-state index in [1.807, 2.05) is 0 Å². The minimum atomic E-state index is -1.27. The van der Waals surface area contributed by atoms with Crippen LogP contribution >= 0.6 is 0 Å². The Morgan fingerprint density at radius 2 is 2.00 bits per heavy atom. The molecule has 0 fully saturated rings. The van der Waals surface area contributed by atoms with Crippen molar-refractivity contribution in [2.45, 2.75) is 32.7 Å². The molecule has 0 saturated heterocycles. The van der Waals surface area contributed by atoms with E-state index in [0.29, 0.717) is 12.0 Å². The quantitative estimate of drug-likeness (QED) is 0.901. The van der Waals surface area contributed by atoms with Crippen LogP contribution in [-0.4, -0.2) is 34.5 Å². The van der Waals surface area contributed by atoms with Gasteiger partial charge >= 0.3 is 5.97 Å². The van der Waals surface area contributed by atoms with E-state index < -0.39 is 17.4 Å². The van der Waals surface area contributed by atoms with Crippen molar-refractivity contribution in [2.24, 2.45) is 5.92 Å². The van der Waals surface area contributed by atoms with Gasteiger partial charge in [0.05, 0.1) is 0 Å². The Labute approximate surface area is 118 Å². The van der Waals surface area contributed by atoms with Gasteiger partial charge in [-0.25, -0.2) is 9.18 Å². The van der Waals surface area contributed by atoms with Gasteiger partial charge in [-0.15, -0.1) is 0 Å². The van der Waals surface area contributed by atoms with Crippen LogP contribution in [0.25, 0.3) is 0 Å². The zero-order valence-corrected chi connectivity index (χ0v) is 12.2. The van der Waals surface area contributed by atoms with Gasteiger partial charge in [0.25, 0.3) is 0 Å². The number of carbonyl (C=O) groups excluding carboxylic acids is 1. The predicted octanol–water partition coefficient (Wildman–Crippen LogP) is 2.33. The van der Waals surface area contributed by atoms with Gasteiger partial charge in [0.2, 0.25) is 5.91 Å². The van der Waals surface area contributed by atoms with Crippen LogP contribution in [0, 0.1) is 11.7 Å². The minimum absolute atomic E-state index is 0.276. The maximum Gasteiger partial charge on any atom is 0.329 e. The van der Waals surface area contributed by atoms with E-state index in [2.05, 4.69) is 0 Å². The van der Waals surface area contributed by atoms with Crippen LogP contribution in [-0.2, 0) is 16.0 Å². The summed E-state index contributed by atoms with van der Waals surface area (Å²) in [5.41, 5.74) is -0.555. The Kier molecular flexibility index (Phi) is 4.87. The lowest BCUT2D eigenvalue weighted by Gasteiger charge is -2.33. The predicted molar refractivity (Wildman–Crippen MR) is 73.8 cm³/mol. The van der Waals surface area contributed by atoms with Gasteiger partial charge < -0.3 is 10.0 Å². The average molecular weight is 281 g/mol. The van der Waals surface area contributed by atoms with Gasteiger partial charge in [-0.3, -0.25) is 4.79 Å². The van der Waals surface area contributed by atoms with E-state index in [4.69, 9.17) is 5.11 Å². The lowest BCUT2D eigenvalue weighted by Crippen LogP contribution is -2.52. The van der Waals surface area contributed by atoms with Crippen molar-refractivity contribution >= 4 is 11.9 Å². The number of carbonyl (C=O) groups is 2. The zero-order chi connectivity index (χ0) is 15.5. The first-order valence-corrected chi connectivity index (χ1v) is 6.41. The Bertz CT molecular complexity index is 514. The van der Waals surface area contributed by atoms with Gasteiger partial charge in [0, 0.05) is 13.0 Å². The highest BCUT2D eigenvalue weighted by Gasteiger charge is 2.36. The molecule has 0 aromatic heterocycles. The second kappa shape index (κ2) is 6.03. The summed E-state index contributed by atoms with van der Waals surface area (Å²) in [6.45, 7) is 4.66. The molecule has 1 amide bonds. The molecule has 110 valence electrons. The molecule has 0 saturated carbocycles. The van der Waals surface area contributed by atoms with Crippen molar-refractivity contribution in [3.05, 3.63) is 35.6 Å². The van der Waals surface area contributed by atoms with Crippen LogP contribution in [0.2, 0.25) is 0 Å². The molecule has 1 unspecified atom stereocenters. The molecule has 1 atom stereocenters. The Balaban J connectivity index is 2.79. The molecule has 0 aliphatic heterocycles. The summed E-state index contributed by atoms with van der Waals surface area (Å²) in [5.74, 6) is -2.10.